The average molecular weight is 220 g/mol. The number of nitrogens with zero attached hydrogens (tertiary/aromatic N) is 1. The smallest absolute Gasteiger partial charge is 0.360 e. The molecule has 1 saturated heterocycles. The third kappa shape index (κ3) is 1.87. The molecular weight excluding hydrogens is 212 g/mol. The molecule has 6 nitrogen and oxygen atoms in total. The summed E-state index contributed by atoms with van der Waals surface area (Å²) in [6.07, 6.45) is 4.45. The van der Waals surface area contributed by atoms with Gasteiger partial charge in [-0.05, 0) is 6.08 Å². The number of amides is 2. The van der Waals surface area contributed by atoms with Crippen LogP contribution in [0.1, 0.15) is 12.8 Å². The zero-order valence-electron chi connectivity index (χ0n) is 8.23. The molecule has 0 aliphatic carbocycles. The molecular formula is C10H8N2O4. The molecule has 0 atom stereocenters. The molecule has 0 radical (unpaired) electrons. The third-order valence-corrected chi connectivity index (χ3v) is 2.06. The van der Waals surface area contributed by atoms with E-state index in [1.807, 2.05) is 0 Å². The van der Waals surface area contributed by atoms with Crippen molar-refractivity contribution < 1.29 is 19.2 Å². The van der Waals surface area contributed by atoms with Crippen molar-refractivity contribution in [2.24, 2.45) is 0 Å². The largest absolute Gasteiger partial charge is 0.366 e. The number of carbonyl (C=O) groups excluding carboxylic acids is 3. The Hall–Kier alpha value is -2.33. The highest BCUT2D eigenvalue weighted by Gasteiger charge is 2.33. The number of rotatable bonds is 2. The first-order valence-corrected chi connectivity index (χ1v) is 4.64. The minimum atomic E-state index is -0.767. The van der Waals surface area contributed by atoms with Gasteiger partial charge in [-0.1, -0.05) is 0 Å². The molecule has 2 rings (SSSR count). The molecule has 82 valence electrons. The highest BCUT2D eigenvalue weighted by molar-refractivity contribution is 6.03. The van der Waals surface area contributed by atoms with Gasteiger partial charge >= 0.3 is 5.97 Å². The summed E-state index contributed by atoms with van der Waals surface area (Å²) in [5, 5.41) is 3.15. The lowest BCUT2D eigenvalue weighted by atomic mass is 10.2. The van der Waals surface area contributed by atoms with Crippen LogP contribution in [0.15, 0.2) is 29.8 Å². The standard InChI is InChI=1S/C10H8N2O4/c13-8-3-4-9(14)12(8)16-10(15)7-2-1-5-11-6-7/h2,5-6,11H,3-4H2. The van der Waals surface area contributed by atoms with Crippen molar-refractivity contribution in [3.63, 3.8) is 0 Å². The molecule has 0 unspecified atom stereocenters. The van der Waals surface area contributed by atoms with Crippen molar-refractivity contribution in [3.05, 3.63) is 29.8 Å². The summed E-state index contributed by atoms with van der Waals surface area (Å²) >= 11 is 0. The first-order valence-electron chi connectivity index (χ1n) is 4.64. The Bertz CT molecular complexity index is 441. The summed E-state index contributed by atoms with van der Waals surface area (Å²) in [4.78, 5) is 38.5. The quantitative estimate of drug-likeness (QED) is 0.513. The van der Waals surface area contributed by atoms with Crippen LogP contribution in [-0.2, 0) is 19.2 Å². The Kier molecular flexibility index (Phi) is 2.57. The van der Waals surface area contributed by atoms with Crippen molar-refractivity contribution in [1.82, 2.24) is 10.4 Å². The Balaban J connectivity index is 2.05. The van der Waals surface area contributed by atoms with Crippen LogP contribution in [0.3, 0.4) is 0 Å². The molecule has 16 heavy (non-hydrogen) atoms. The first kappa shape index (κ1) is 10.2. The van der Waals surface area contributed by atoms with Gasteiger partial charge < -0.3 is 10.2 Å². The number of hydroxylamine groups is 2. The topological polar surface area (TPSA) is 75.7 Å². The average Bonchev–Trinajstić information content (AvgIpc) is 2.62. The van der Waals surface area contributed by atoms with Gasteiger partial charge in [0.25, 0.3) is 11.8 Å². The van der Waals surface area contributed by atoms with Crippen LogP contribution in [0, 0.1) is 0 Å². The Morgan fingerprint density at radius 3 is 2.62 bits per heavy atom. The normalized spacial score (nSPS) is 18.5. The Labute approximate surface area is 90.8 Å². The minimum Gasteiger partial charge on any atom is -0.360 e. The van der Waals surface area contributed by atoms with Crippen LogP contribution < -0.4 is 5.32 Å². The van der Waals surface area contributed by atoms with Gasteiger partial charge in [0.2, 0.25) is 0 Å². The maximum Gasteiger partial charge on any atom is 0.366 e. The molecule has 0 aromatic carbocycles. The van der Waals surface area contributed by atoms with Gasteiger partial charge in [-0.15, -0.1) is 10.8 Å². The molecule has 0 spiro atoms. The van der Waals surface area contributed by atoms with E-state index in [1.165, 1.54) is 18.5 Å². The van der Waals surface area contributed by atoms with E-state index in [1.54, 1.807) is 0 Å². The maximum atomic E-state index is 11.5. The van der Waals surface area contributed by atoms with E-state index in [4.69, 9.17) is 0 Å². The predicted octanol–water partition coefficient (Wildman–Crippen LogP) is -0.250. The first-order chi connectivity index (χ1) is 7.68. The molecule has 2 aliphatic heterocycles. The predicted molar refractivity (Wildman–Crippen MR) is 51.1 cm³/mol. The summed E-state index contributed by atoms with van der Waals surface area (Å²) in [6, 6.07) is 0. The minimum absolute atomic E-state index is 0.0825. The van der Waals surface area contributed by atoms with E-state index in [0.29, 0.717) is 5.06 Å². The summed E-state index contributed by atoms with van der Waals surface area (Å²) in [5.41, 5.74) is 2.83. The molecule has 0 saturated carbocycles. The van der Waals surface area contributed by atoms with Gasteiger partial charge in [0.05, 0.1) is 5.57 Å². The number of hydrogen-bond acceptors (Lipinski definition) is 5. The van der Waals surface area contributed by atoms with Crippen molar-refractivity contribution in [2.75, 3.05) is 0 Å². The summed E-state index contributed by atoms with van der Waals surface area (Å²) in [7, 11) is 0. The highest BCUT2D eigenvalue weighted by atomic mass is 16.7. The van der Waals surface area contributed by atoms with Gasteiger partial charge in [0.15, 0.2) is 0 Å². The summed E-state index contributed by atoms with van der Waals surface area (Å²) in [5.74, 6) is -1.76. The molecule has 0 bridgehead atoms. The lowest BCUT2D eigenvalue weighted by Crippen LogP contribution is -2.32. The SMILES string of the molecule is O=C(ON1C(=O)CCC1=O)C1=CNC=C=C1. The molecule has 0 aromatic heterocycles. The van der Waals surface area contributed by atoms with Crippen LogP contribution in [-0.4, -0.2) is 22.8 Å². The molecule has 0 aromatic rings. The molecule has 6 heteroatoms. The van der Waals surface area contributed by atoms with Gasteiger partial charge in [-0.2, -0.15) is 0 Å². The number of hydrogen-bond donors (Lipinski definition) is 1. The van der Waals surface area contributed by atoms with Crippen molar-refractivity contribution >= 4 is 17.8 Å². The van der Waals surface area contributed by atoms with Crippen LogP contribution >= 0.6 is 0 Å². The fourth-order valence-corrected chi connectivity index (χ4v) is 1.26. The van der Waals surface area contributed by atoms with Crippen LogP contribution in [0.4, 0.5) is 0 Å². The van der Waals surface area contributed by atoms with E-state index >= 15 is 0 Å². The molecule has 2 aliphatic rings. The van der Waals surface area contributed by atoms with Gasteiger partial charge in [0, 0.05) is 25.2 Å². The second-order valence-corrected chi connectivity index (χ2v) is 3.18. The maximum absolute atomic E-state index is 11.5. The fraction of sp³-hybridized carbons (Fsp3) is 0.200. The highest BCUT2D eigenvalue weighted by Crippen LogP contribution is 2.14. The number of imide groups is 1. The Morgan fingerprint density at radius 1 is 1.38 bits per heavy atom. The van der Waals surface area contributed by atoms with Crippen molar-refractivity contribution in [1.29, 1.82) is 0 Å². The van der Waals surface area contributed by atoms with E-state index in [2.05, 4.69) is 15.9 Å². The van der Waals surface area contributed by atoms with E-state index in [0.717, 1.165) is 0 Å². The summed E-state index contributed by atoms with van der Waals surface area (Å²) in [6.45, 7) is 0. The van der Waals surface area contributed by atoms with Gasteiger partial charge in [0.1, 0.15) is 0 Å². The zero-order valence-corrected chi connectivity index (χ0v) is 8.23. The van der Waals surface area contributed by atoms with E-state index in [9.17, 15) is 14.4 Å². The lowest BCUT2D eigenvalue weighted by Gasteiger charge is -2.12. The number of nitrogens with one attached hydrogen (secondary N) is 1. The van der Waals surface area contributed by atoms with Crippen LogP contribution in [0.2, 0.25) is 0 Å². The van der Waals surface area contributed by atoms with Gasteiger partial charge in [-0.3, -0.25) is 9.59 Å². The Morgan fingerprint density at radius 2 is 2.06 bits per heavy atom. The molecule has 2 heterocycles. The van der Waals surface area contributed by atoms with Crippen molar-refractivity contribution in [3.8, 4) is 0 Å². The second-order valence-electron chi connectivity index (χ2n) is 3.18. The van der Waals surface area contributed by atoms with E-state index in [-0.39, 0.29) is 18.4 Å². The van der Waals surface area contributed by atoms with Gasteiger partial charge in [-0.25, -0.2) is 4.79 Å². The number of carbonyl (C=O) groups is 3. The fourth-order valence-electron chi connectivity index (χ4n) is 1.26. The molecule has 1 fully saturated rings. The summed E-state index contributed by atoms with van der Waals surface area (Å²) < 4.78 is 0. The second kappa shape index (κ2) is 4.04. The molecule has 1 N–H and O–H groups in total. The van der Waals surface area contributed by atoms with Crippen molar-refractivity contribution in [2.45, 2.75) is 12.8 Å². The zero-order chi connectivity index (χ0) is 11.5. The monoisotopic (exact) mass is 220 g/mol. The molecule has 2 amide bonds. The van der Waals surface area contributed by atoms with Crippen LogP contribution in [0.25, 0.3) is 0 Å². The third-order valence-electron chi connectivity index (χ3n) is 2.06. The van der Waals surface area contributed by atoms with Crippen LogP contribution in [0.5, 0.6) is 0 Å². The lowest BCUT2D eigenvalue weighted by molar-refractivity contribution is -0.194. The van der Waals surface area contributed by atoms with E-state index < -0.39 is 17.8 Å².